The Hall–Kier alpha value is -1.39. The van der Waals surface area contributed by atoms with Gasteiger partial charge in [0.2, 0.25) is 0 Å². The molecular formula is C12H8BClFNO. The van der Waals surface area contributed by atoms with Gasteiger partial charge in [-0.05, 0) is 34.7 Å². The van der Waals surface area contributed by atoms with Gasteiger partial charge in [-0.15, -0.1) is 0 Å². The van der Waals surface area contributed by atoms with Crippen LogP contribution in [0, 0.1) is 5.82 Å². The Bertz CT molecular complexity index is 578. The molecular weight excluding hydrogens is 239 g/mol. The molecule has 0 radical (unpaired) electrons. The van der Waals surface area contributed by atoms with E-state index in [-0.39, 0.29) is 12.7 Å². The van der Waals surface area contributed by atoms with Crippen LogP contribution in [0.15, 0.2) is 36.7 Å². The molecule has 1 aromatic heterocycles. The molecule has 84 valence electrons. The van der Waals surface area contributed by atoms with E-state index in [2.05, 4.69) is 4.98 Å². The monoisotopic (exact) mass is 247 g/mol. The second kappa shape index (κ2) is 4.13. The van der Waals surface area contributed by atoms with Crippen molar-refractivity contribution >= 4 is 29.4 Å². The molecule has 5 heteroatoms. The van der Waals surface area contributed by atoms with E-state index in [1.807, 2.05) is 6.07 Å². The third-order valence-corrected chi connectivity index (χ3v) is 3.03. The zero-order chi connectivity index (χ0) is 11.8. The van der Waals surface area contributed by atoms with Crippen LogP contribution in [0.1, 0.15) is 5.56 Å². The first kappa shape index (κ1) is 10.7. The van der Waals surface area contributed by atoms with E-state index in [1.165, 1.54) is 12.1 Å². The number of aromatic nitrogens is 1. The van der Waals surface area contributed by atoms with Gasteiger partial charge in [-0.2, -0.15) is 0 Å². The van der Waals surface area contributed by atoms with Crippen LogP contribution in [0.2, 0.25) is 5.02 Å². The van der Waals surface area contributed by atoms with Gasteiger partial charge in [-0.25, -0.2) is 4.39 Å². The topological polar surface area (TPSA) is 22.1 Å². The zero-order valence-electron chi connectivity index (χ0n) is 8.86. The highest BCUT2D eigenvalue weighted by Crippen LogP contribution is 2.13. The minimum Gasteiger partial charge on any atom is -0.423 e. The molecule has 0 atom stereocenters. The van der Waals surface area contributed by atoms with Gasteiger partial charge in [-0.1, -0.05) is 17.7 Å². The lowest BCUT2D eigenvalue weighted by molar-refractivity contribution is 0.336. The fourth-order valence-corrected chi connectivity index (χ4v) is 2.25. The van der Waals surface area contributed by atoms with Crippen LogP contribution in [0.4, 0.5) is 4.39 Å². The summed E-state index contributed by atoms with van der Waals surface area (Å²) in [4.78, 5) is 4.03. The Balaban J connectivity index is 2.04. The molecule has 1 aromatic carbocycles. The number of halogens is 2. The van der Waals surface area contributed by atoms with E-state index in [0.717, 1.165) is 16.5 Å². The second-order valence-electron chi connectivity index (χ2n) is 3.97. The van der Waals surface area contributed by atoms with Gasteiger partial charge < -0.3 is 4.65 Å². The molecule has 1 aliphatic rings. The molecule has 0 N–H and O–H groups in total. The first-order chi connectivity index (χ1) is 8.24. The van der Waals surface area contributed by atoms with E-state index in [4.69, 9.17) is 16.3 Å². The largest absolute Gasteiger partial charge is 0.423 e. The SMILES string of the molecule is Fc1ccc2c(c1)COB2c1cncc(Cl)c1. The van der Waals surface area contributed by atoms with Crippen LogP contribution in [-0.4, -0.2) is 11.9 Å². The molecule has 1 aliphatic heterocycles. The van der Waals surface area contributed by atoms with Crippen molar-refractivity contribution < 1.29 is 9.04 Å². The average molecular weight is 247 g/mol. The van der Waals surface area contributed by atoms with Crippen LogP contribution in [0.25, 0.3) is 0 Å². The number of hydrogen-bond donors (Lipinski definition) is 0. The first-order valence-electron chi connectivity index (χ1n) is 5.24. The summed E-state index contributed by atoms with van der Waals surface area (Å²) in [6.45, 7) is 0.223. The molecule has 2 aromatic rings. The predicted octanol–water partition coefficient (Wildman–Crippen LogP) is 1.51. The number of benzene rings is 1. The van der Waals surface area contributed by atoms with E-state index in [0.29, 0.717) is 11.6 Å². The summed E-state index contributed by atoms with van der Waals surface area (Å²) in [5.41, 5.74) is 2.76. The molecule has 0 unspecified atom stereocenters. The number of nitrogens with zero attached hydrogens (tertiary/aromatic N) is 1. The number of hydrogen-bond acceptors (Lipinski definition) is 2. The molecule has 0 fully saturated rings. The summed E-state index contributed by atoms with van der Waals surface area (Å²) in [6.07, 6.45) is 3.29. The maximum absolute atomic E-state index is 13.1. The predicted molar refractivity (Wildman–Crippen MR) is 65.5 cm³/mol. The lowest BCUT2D eigenvalue weighted by Gasteiger charge is -2.06. The van der Waals surface area contributed by atoms with Crippen molar-refractivity contribution in [2.24, 2.45) is 0 Å². The molecule has 0 saturated carbocycles. The quantitative estimate of drug-likeness (QED) is 0.713. The maximum atomic E-state index is 13.1. The van der Waals surface area contributed by atoms with Crippen molar-refractivity contribution in [1.82, 2.24) is 4.98 Å². The van der Waals surface area contributed by atoms with Crippen molar-refractivity contribution in [1.29, 1.82) is 0 Å². The highest BCUT2D eigenvalue weighted by molar-refractivity contribution is 6.81. The number of rotatable bonds is 1. The molecule has 0 bridgehead atoms. The summed E-state index contributed by atoms with van der Waals surface area (Å²) in [6, 6.07) is 6.52. The van der Waals surface area contributed by atoms with Gasteiger partial charge in [0.1, 0.15) is 5.82 Å². The van der Waals surface area contributed by atoms with Crippen molar-refractivity contribution in [3.63, 3.8) is 0 Å². The van der Waals surface area contributed by atoms with Gasteiger partial charge in [0.25, 0.3) is 0 Å². The average Bonchev–Trinajstić information content (AvgIpc) is 2.71. The van der Waals surface area contributed by atoms with Gasteiger partial charge in [0, 0.05) is 12.4 Å². The third kappa shape index (κ3) is 1.94. The Morgan fingerprint density at radius 2 is 2.18 bits per heavy atom. The van der Waals surface area contributed by atoms with Crippen LogP contribution in [0.5, 0.6) is 0 Å². The summed E-state index contributed by atoms with van der Waals surface area (Å²) < 4.78 is 18.7. The zero-order valence-corrected chi connectivity index (χ0v) is 9.62. The van der Waals surface area contributed by atoms with Crippen molar-refractivity contribution in [2.75, 3.05) is 0 Å². The van der Waals surface area contributed by atoms with Crippen LogP contribution >= 0.6 is 11.6 Å². The van der Waals surface area contributed by atoms with Crippen LogP contribution in [-0.2, 0) is 11.3 Å². The van der Waals surface area contributed by atoms with Gasteiger partial charge in [-0.3, -0.25) is 4.98 Å². The lowest BCUT2D eigenvalue weighted by atomic mass is 9.56. The van der Waals surface area contributed by atoms with Crippen LogP contribution < -0.4 is 10.9 Å². The summed E-state index contributed by atoms with van der Waals surface area (Å²) in [5, 5.41) is 0.571. The van der Waals surface area contributed by atoms with E-state index in [1.54, 1.807) is 18.5 Å². The summed E-state index contributed by atoms with van der Waals surface area (Å²) >= 11 is 5.90. The van der Waals surface area contributed by atoms with E-state index in [9.17, 15) is 4.39 Å². The number of fused-ring (bicyclic) bond motifs is 1. The molecule has 0 saturated heterocycles. The van der Waals surface area contributed by atoms with Gasteiger partial charge in [0.05, 0.1) is 11.6 Å². The van der Waals surface area contributed by atoms with E-state index < -0.39 is 0 Å². The summed E-state index contributed by atoms with van der Waals surface area (Å²) in [7, 11) is 0. The second-order valence-corrected chi connectivity index (χ2v) is 4.41. The van der Waals surface area contributed by atoms with Crippen molar-refractivity contribution in [3.05, 3.63) is 53.1 Å². The van der Waals surface area contributed by atoms with Crippen molar-refractivity contribution in [2.45, 2.75) is 6.61 Å². The molecule has 3 rings (SSSR count). The number of pyridine rings is 1. The first-order valence-corrected chi connectivity index (χ1v) is 5.62. The third-order valence-electron chi connectivity index (χ3n) is 2.82. The Morgan fingerprint density at radius 1 is 1.29 bits per heavy atom. The Labute approximate surface area is 104 Å². The van der Waals surface area contributed by atoms with Crippen molar-refractivity contribution in [3.8, 4) is 0 Å². The molecule has 2 nitrogen and oxygen atoms in total. The standard InChI is InChI=1S/C12H8BClFNO/c14-10-4-9(5-16-6-10)13-12-2-1-11(15)3-8(12)7-17-13/h1-6H,7H2. The summed E-state index contributed by atoms with van der Waals surface area (Å²) in [5.74, 6) is -0.239. The maximum Gasteiger partial charge on any atom is 0.363 e. The Morgan fingerprint density at radius 3 is 3.00 bits per heavy atom. The van der Waals surface area contributed by atoms with Gasteiger partial charge >= 0.3 is 6.92 Å². The highest BCUT2D eigenvalue weighted by Gasteiger charge is 2.30. The normalized spacial score (nSPS) is 13.9. The van der Waals surface area contributed by atoms with Gasteiger partial charge in [0.15, 0.2) is 0 Å². The molecule has 0 amide bonds. The molecule has 2 heterocycles. The smallest absolute Gasteiger partial charge is 0.363 e. The highest BCUT2D eigenvalue weighted by atomic mass is 35.5. The fraction of sp³-hybridized carbons (Fsp3) is 0.0833. The molecule has 17 heavy (non-hydrogen) atoms. The molecule has 0 spiro atoms. The van der Waals surface area contributed by atoms with E-state index >= 15 is 0 Å². The molecule has 0 aliphatic carbocycles. The fourth-order valence-electron chi connectivity index (χ4n) is 2.07. The lowest BCUT2D eigenvalue weighted by Crippen LogP contribution is -2.41. The minimum atomic E-state index is -0.239. The minimum absolute atomic E-state index is 0.197. The Kier molecular flexibility index (Phi) is 2.61. The van der Waals surface area contributed by atoms with Crippen LogP contribution in [0.3, 0.4) is 0 Å².